The van der Waals surface area contributed by atoms with Gasteiger partial charge >= 0.3 is 24.4 Å². The molecule has 0 aromatic heterocycles. The maximum absolute atomic E-state index is 14.2. The fourth-order valence-electron chi connectivity index (χ4n) is 7.51. The van der Waals surface area contributed by atoms with Crippen LogP contribution < -0.4 is 57.7 Å². The molecular formula is C45H57F6N11O6. The molecule has 12 N–H and O–H groups in total. The molecule has 3 aromatic carbocycles. The van der Waals surface area contributed by atoms with Crippen LogP contribution in [0.2, 0.25) is 0 Å². The number of guanidine groups is 1. The Kier molecular flexibility index (Phi) is 18.5. The molecule has 370 valence electrons. The molecule has 6 amide bonds. The third kappa shape index (κ3) is 16.7. The van der Waals surface area contributed by atoms with Gasteiger partial charge in [-0.05, 0) is 133 Å². The summed E-state index contributed by atoms with van der Waals surface area (Å²) in [6.45, 7) is 2.33. The number of nitrogens with two attached hydrogens (primary N) is 1. The Hall–Kier alpha value is -6.94. The standard InChI is InChI=1S/C45H57F6N11O6/c1-26(52)55-20-8-6-14-37(63)59-33-22-27(44(46,47)48)24-35(39(33)67-31-10-2-3-11-31)61-42(65)57-29-16-18-30(19-17-29)58-43(66)62-36-25-28(45(49,50)51)23-34(40(36)68-32-12-4-5-13-32)60-38(64)15-7-9-21-56-41(53)54/h16-19,22-25,31-32H,2-15,20-21H2,1H3,(H2,52,55)(H,59,63)(H,60,64)(H4,53,54,56)(H2,57,61,65)(H2,58,62,66). The van der Waals surface area contributed by atoms with Crippen molar-refractivity contribution in [1.29, 1.82) is 10.8 Å². The van der Waals surface area contributed by atoms with Crippen molar-refractivity contribution < 1.29 is 55.0 Å². The van der Waals surface area contributed by atoms with Crippen LogP contribution in [0.1, 0.15) is 108 Å². The summed E-state index contributed by atoms with van der Waals surface area (Å²) in [5, 5.41) is 35.0. The van der Waals surface area contributed by atoms with Crippen molar-refractivity contribution in [2.45, 2.75) is 121 Å². The normalized spacial score (nSPS) is 14.1. The molecule has 3 aromatic rings. The summed E-state index contributed by atoms with van der Waals surface area (Å²) in [6.07, 6.45) is -3.26. The first-order chi connectivity index (χ1) is 32.2. The monoisotopic (exact) mass is 961 g/mol. The number of ether oxygens (including phenoxy) is 2. The number of carbonyl (C=O) groups excluding carboxylic acids is 4. The van der Waals surface area contributed by atoms with E-state index in [4.69, 9.17) is 26.0 Å². The highest BCUT2D eigenvalue weighted by Gasteiger charge is 2.35. The van der Waals surface area contributed by atoms with Crippen molar-refractivity contribution in [2.24, 2.45) is 5.73 Å². The Balaban J connectivity index is 1.29. The number of amides is 6. The smallest absolute Gasteiger partial charge is 0.416 e. The second-order valence-corrected chi connectivity index (χ2v) is 16.5. The zero-order chi connectivity index (χ0) is 49.4. The van der Waals surface area contributed by atoms with Crippen LogP contribution in [0.25, 0.3) is 0 Å². The van der Waals surface area contributed by atoms with Crippen LogP contribution in [0.3, 0.4) is 0 Å². The molecule has 2 aliphatic rings. The van der Waals surface area contributed by atoms with Gasteiger partial charge in [-0.2, -0.15) is 26.3 Å². The molecule has 17 nitrogen and oxygen atoms in total. The summed E-state index contributed by atoms with van der Waals surface area (Å²) in [4.78, 5) is 52.6. The van der Waals surface area contributed by atoms with Crippen LogP contribution in [0.5, 0.6) is 11.5 Å². The van der Waals surface area contributed by atoms with Gasteiger partial charge in [0.15, 0.2) is 17.5 Å². The molecule has 0 unspecified atom stereocenters. The Morgan fingerprint density at radius 1 is 0.574 bits per heavy atom. The van der Waals surface area contributed by atoms with Crippen molar-refractivity contribution in [3.05, 3.63) is 59.7 Å². The molecule has 68 heavy (non-hydrogen) atoms. The minimum absolute atomic E-state index is 0.0279. The highest BCUT2D eigenvalue weighted by Crippen LogP contribution is 2.44. The highest BCUT2D eigenvalue weighted by atomic mass is 19.4. The van der Waals surface area contributed by atoms with Gasteiger partial charge in [0.1, 0.15) is 0 Å². The molecular weight excluding hydrogens is 905 g/mol. The molecule has 0 bridgehead atoms. The van der Waals surface area contributed by atoms with Crippen LogP contribution in [0, 0.1) is 10.8 Å². The van der Waals surface area contributed by atoms with E-state index in [2.05, 4.69) is 42.5 Å². The van der Waals surface area contributed by atoms with Gasteiger partial charge in [0, 0.05) is 37.3 Å². The van der Waals surface area contributed by atoms with Crippen molar-refractivity contribution in [1.82, 2.24) is 10.6 Å². The summed E-state index contributed by atoms with van der Waals surface area (Å²) in [5.41, 5.74) is 1.91. The Bertz CT molecular complexity index is 2110. The number of rotatable bonds is 20. The zero-order valence-electron chi connectivity index (χ0n) is 37.4. The molecule has 2 saturated carbocycles. The second-order valence-electron chi connectivity index (χ2n) is 16.5. The average molecular weight is 962 g/mol. The molecule has 0 radical (unpaired) electrons. The minimum Gasteiger partial charge on any atom is -0.486 e. The fourth-order valence-corrected chi connectivity index (χ4v) is 7.51. The lowest BCUT2D eigenvalue weighted by atomic mass is 10.1. The number of nitrogens with one attached hydrogen (secondary N) is 10. The summed E-state index contributed by atoms with van der Waals surface area (Å²) in [5.74, 6) is -1.47. The van der Waals surface area contributed by atoms with Gasteiger partial charge < -0.3 is 57.7 Å². The highest BCUT2D eigenvalue weighted by molar-refractivity contribution is 6.04. The van der Waals surface area contributed by atoms with Crippen LogP contribution in [0.4, 0.5) is 70.1 Å². The minimum atomic E-state index is -4.88. The third-order valence-electron chi connectivity index (χ3n) is 10.8. The summed E-state index contributed by atoms with van der Waals surface area (Å²) in [6, 6.07) is 6.35. The lowest BCUT2D eigenvalue weighted by Gasteiger charge is -2.23. The molecule has 0 atom stereocenters. The number of alkyl halides is 6. The summed E-state index contributed by atoms with van der Waals surface area (Å²) >= 11 is 0. The number of amidine groups is 1. The van der Waals surface area contributed by atoms with Gasteiger partial charge in [-0.3, -0.25) is 20.4 Å². The van der Waals surface area contributed by atoms with E-state index < -0.39 is 53.5 Å². The molecule has 23 heteroatoms. The first-order valence-electron chi connectivity index (χ1n) is 22.3. The first kappa shape index (κ1) is 52.0. The predicted octanol–water partition coefficient (Wildman–Crippen LogP) is 9.94. The molecule has 0 saturated heterocycles. The van der Waals surface area contributed by atoms with E-state index in [1.54, 1.807) is 6.92 Å². The van der Waals surface area contributed by atoms with E-state index >= 15 is 0 Å². The number of carbonyl (C=O) groups is 4. The fraction of sp³-hybridized carbons (Fsp3) is 0.467. The molecule has 0 heterocycles. The number of unbranched alkanes of at least 4 members (excludes halogenated alkanes) is 2. The number of benzene rings is 3. The Morgan fingerprint density at radius 3 is 1.26 bits per heavy atom. The molecule has 0 spiro atoms. The van der Waals surface area contributed by atoms with Gasteiger partial charge in [-0.15, -0.1) is 0 Å². The number of anilines is 6. The van der Waals surface area contributed by atoms with E-state index in [9.17, 15) is 45.5 Å². The van der Waals surface area contributed by atoms with Gasteiger partial charge in [0.05, 0.1) is 51.9 Å². The van der Waals surface area contributed by atoms with Gasteiger partial charge in [0.25, 0.3) is 0 Å². The first-order valence-corrected chi connectivity index (χ1v) is 22.3. The van der Waals surface area contributed by atoms with Gasteiger partial charge in [-0.25, -0.2) is 9.59 Å². The van der Waals surface area contributed by atoms with E-state index in [-0.39, 0.29) is 76.4 Å². The lowest BCUT2D eigenvalue weighted by molar-refractivity contribution is -0.138. The molecule has 5 rings (SSSR count). The maximum Gasteiger partial charge on any atom is 0.416 e. The van der Waals surface area contributed by atoms with Crippen molar-refractivity contribution in [2.75, 3.05) is 45.0 Å². The molecule has 0 aliphatic heterocycles. The average Bonchev–Trinajstić information content (AvgIpc) is 3.97. The van der Waals surface area contributed by atoms with Crippen LogP contribution in [-0.4, -0.2) is 61.0 Å². The van der Waals surface area contributed by atoms with E-state index in [0.717, 1.165) is 37.8 Å². The van der Waals surface area contributed by atoms with Gasteiger partial charge in [0.2, 0.25) is 11.8 Å². The van der Waals surface area contributed by atoms with Gasteiger partial charge in [-0.1, -0.05) is 0 Å². The number of hydrogen-bond donors (Lipinski definition) is 11. The van der Waals surface area contributed by atoms with Crippen molar-refractivity contribution in [3.8, 4) is 11.5 Å². The van der Waals surface area contributed by atoms with Crippen LogP contribution >= 0.6 is 0 Å². The van der Waals surface area contributed by atoms with E-state index in [1.165, 1.54) is 24.3 Å². The summed E-state index contributed by atoms with van der Waals surface area (Å²) < 4.78 is 97.4. The van der Waals surface area contributed by atoms with E-state index in [0.29, 0.717) is 76.6 Å². The molecule has 2 aliphatic carbocycles. The quantitative estimate of drug-likeness (QED) is 0.0223. The number of urea groups is 2. The van der Waals surface area contributed by atoms with Crippen LogP contribution in [-0.2, 0) is 21.9 Å². The summed E-state index contributed by atoms with van der Waals surface area (Å²) in [7, 11) is 0. The Morgan fingerprint density at radius 2 is 0.926 bits per heavy atom. The second kappa shape index (κ2) is 24.2. The van der Waals surface area contributed by atoms with Crippen molar-refractivity contribution >= 4 is 69.8 Å². The Labute approximate surface area is 388 Å². The van der Waals surface area contributed by atoms with E-state index in [1.807, 2.05) is 0 Å². The zero-order valence-corrected chi connectivity index (χ0v) is 37.4. The molecule has 2 fully saturated rings. The SMILES string of the molecule is CC(=N)NCCCCC(=O)Nc1cc(C(F)(F)F)cc(NC(=O)Nc2ccc(NC(=O)Nc3cc(C(F)(F)F)cc(NC(=O)CCCCNC(=N)N)c3OC3CCCC3)cc2)c1OC1CCCC1. The third-order valence-corrected chi connectivity index (χ3v) is 10.8. The van der Waals surface area contributed by atoms with Crippen LogP contribution in [0.15, 0.2) is 48.5 Å². The lowest BCUT2D eigenvalue weighted by Crippen LogP contribution is -2.31. The topological polar surface area (TPSA) is 257 Å². The number of halogens is 6. The maximum atomic E-state index is 14.2. The largest absolute Gasteiger partial charge is 0.486 e. The predicted molar refractivity (Wildman–Crippen MR) is 247 cm³/mol. The number of hydrogen-bond acceptors (Lipinski definition) is 8. The van der Waals surface area contributed by atoms with Crippen molar-refractivity contribution in [3.63, 3.8) is 0 Å².